The predicted octanol–water partition coefficient (Wildman–Crippen LogP) is 6.03. The van der Waals surface area contributed by atoms with Gasteiger partial charge in [0.1, 0.15) is 11.7 Å². The van der Waals surface area contributed by atoms with E-state index in [4.69, 9.17) is 4.74 Å². The van der Waals surface area contributed by atoms with Gasteiger partial charge < -0.3 is 4.74 Å². The van der Waals surface area contributed by atoms with Gasteiger partial charge in [-0.25, -0.2) is 8.78 Å². The minimum atomic E-state index is -2.98. The molecule has 192 valence electrons. The van der Waals surface area contributed by atoms with Crippen LogP contribution in [0.4, 0.5) is 14.5 Å². The van der Waals surface area contributed by atoms with Crippen molar-refractivity contribution in [2.75, 3.05) is 12.1 Å². The van der Waals surface area contributed by atoms with Crippen LogP contribution in [-0.2, 0) is 21.9 Å². The Morgan fingerprint density at radius 2 is 1.76 bits per heavy atom. The molecule has 8 heteroatoms. The van der Waals surface area contributed by atoms with Crippen molar-refractivity contribution in [2.45, 2.75) is 46.5 Å². The Balaban J connectivity index is 1.61. The third-order valence-corrected chi connectivity index (χ3v) is 6.45. The zero-order valence-electron chi connectivity index (χ0n) is 21.5. The van der Waals surface area contributed by atoms with Gasteiger partial charge in [-0.05, 0) is 68.3 Å². The summed E-state index contributed by atoms with van der Waals surface area (Å²) in [5.41, 5.74) is 4.48. The van der Waals surface area contributed by atoms with Gasteiger partial charge in [-0.15, -0.1) is 0 Å². The van der Waals surface area contributed by atoms with Crippen molar-refractivity contribution in [3.05, 3.63) is 77.1 Å². The van der Waals surface area contributed by atoms with Crippen molar-refractivity contribution in [2.24, 2.45) is 11.0 Å². The van der Waals surface area contributed by atoms with E-state index in [0.717, 1.165) is 22.5 Å². The molecule has 1 aliphatic rings. The van der Waals surface area contributed by atoms with Crippen LogP contribution in [-0.4, -0.2) is 29.5 Å². The Hall–Kier alpha value is -3.94. The van der Waals surface area contributed by atoms with E-state index >= 15 is 0 Å². The molecule has 6 nitrogen and oxygen atoms in total. The van der Waals surface area contributed by atoms with Crippen LogP contribution < -0.4 is 9.75 Å². The number of pyridine rings is 1. The van der Waals surface area contributed by atoms with E-state index in [-0.39, 0.29) is 24.2 Å². The molecular weight excluding hydrogens is 476 g/mol. The minimum Gasteiger partial charge on any atom is -0.496 e. The van der Waals surface area contributed by atoms with Gasteiger partial charge in [-0.2, -0.15) is 10.1 Å². The number of amides is 1. The lowest BCUT2D eigenvalue weighted by molar-refractivity contribution is -0.128. The number of Topliss-reactive ketones (excluding diaryl/α,β-unsaturated/α-hetero) is 1. The maximum absolute atomic E-state index is 14.1. The number of methoxy groups -OCH3 is 1. The average molecular weight is 506 g/mol. The van der Waals surface area contributed by atoms with Gasteiger partial charge in [-0.3, -0.25) is 14.6 Å². The van der Waals surface area contributed by atoms with Gasteiger partial charge in [0.25, 0.3) is 11.8 Å². The van der Waals surface area contributed by atoms with E-state index < -0.39 is 17.7 Å². The number of nitrogens with zero attached hydrogens (tertiary/aromatic N) is 3. The molecule has 0 bridgehead atoms. The van der Waals surface area contributed by atoms with Crippen LogP contribution in [0, 0.1) is 19.8 Å². The Morgan fingerprint density at radius 1 is 1.05 bits per heavy atom. The van der Waals surface area contributed by atoms with Crippen LogP contribution in [0.3, 0.4) is 0 Å². The molecule has 4 rings (SSSR count). The highest BCUT2D eigenvalue weighted by atomic mass is 19.3. The topological polar surface area (TPSA) is 71.9 Å². The standard InChI is InChI=1S/C29H29F2N3O3/c1-6-29(30,31)22-9-7-8-20(14-22)15-25(35)27-19(4)33-34(28(27)36)23-10-11-26(37-5)24(16-23)21-12-17(2)32-18(3)13-21/h7-14,16,27H,6,15H2,1-5H3. The first kappa shape index (κ1) is 26.1. The lowest BCUT2D eigenvalue weighted by atomic mass is 9.92. The molecule has 1 aromatic heterocycles. The number of aryl methyl sites for hydroxylation is 2. The van der Waals surface area contributed by atoms with Gasteiger partial charge in [0.15, 0.2) is 5.78 Å². The van der Waals surface area contributed by atoms with Crippen LogP contribution in [0.1, 0.15) is 42.8 Å². The summed E-state index contributed by atoms with van der Waals surface area (Å²) in [6.45, 7) is 6.84. The predicted molar refractivity (Wildman–Crippen MR) is 139 cm³/mol. The molecule has 0 N–H and O–H groups in total. The Labute approximate surface area is 215 Å². The van der Waals surface area contributed by atoms with E-state index in [1.54, 1.807) is 38.3 Å². The second-order valence-electron chi connectivity index (χ2n) is 9.25. The monoisotopic (exact) mass is 505 g/mol. The number of rotatable bonds is 8. The van der Waals surface area contributed by atoms with Crippen molar-refractivity contribution < 1.29 is 23.1 Å². The van der Waals surface area contributed by atoms with Gasteiger partial charge >= 0.3 is 0 Å². The van der Waals surface area contributed by atoms with Crippen LogP contribution in [0.5, 0.6) is 5.75 Å². The SMILES string of the molecule is CCC(F)(F)c1cccc(CC(=O)C2C(=O)N(c3ccc(OC)c(-c4cc(C)nc(C)c4)c3)N=C2C)c1. The van der Waals surface area contributed by atoms with Gasteiger partial charge in [0, 0.05) is 35.4 Å². The summed E-state index contributed by atoms with van der Waals surface area (Å²) in [5.74, 6) is -4.30. The number of alkyl halides is 2. The van der Waals surface area contributed by atoms with Crippen molar-refractivity contribution in [3.8, 4) is 16.9 Å². The van der Waals surface area contributed by atoms with Crippen LogP contribution in [0.15, 0.2) is 59.7 Å². The molecule has 1 unspecified atom stereocenters. The quantitative estimate of drug-likeness (QED) is 0.351. The number of hydrogen-bond donors (Lipinski definition) is 0. The molecular formula is C29H29F2N3O3. The first-order valence-corrected chi connectivity index (χ1v) is 12.1. The second-order valence-corrected chi connectivity index (χ2v) is 9.25. The summed E-state index contributed by atoms with van der Waals surface area (Å²) in [6, 6.07) is 14.9. The van der Waals surface area contributed by atoms with Crippen LogP contribution >= 0.6 is 0 Å². The van der Waals surface area contributed by atoms with Crippen LogP contribution in [0.25, 0.3) is 11.1 Å². The highest BCUT2D eigenvalue weighted by Crippen LogP contribution is 2.36. The third kappa shape index (κ3) is 5.28. The Morgan fingerprint density at radius 3 is 2.41 bits per heavy atom. The summed E-state index contributed by atoms with van der Waals surface area (Å²) < 4.78 is 33.8. The Bertz CT molecular complexity index is 1380. The number of benzene rings is 2. The summed E-state index contributed by atoms with van der Waals surface area (Å²) in [6.07, 6.45) is -0.483. The van der Waals surface area contributed by atoms with Gasteiger partial charge in [0.05, 0.1) is 18.5 Å². The number of halogens is 2. The van der Waals surface area contributed by atoms with Crippen LogP contribution in [0.2, 0.25) is 0 Å². The number of hydrazone groups is 1. The number of ether oxygens (including phenoxy) is 1. The molecule has 2 aromatic carbocycles. The van der Waals surface area contributed by atoms with E-state index in [9.17, 15) is 18.4 Å². The highest BCUT2D eigenvalue weighted by molar-refractivity contribution is 6.27. The maximum atomic E-state index is 14.1. The van der Waals surface area contributed by atoms with Gasteiger partial charge in [-0.1, -0.05) is 25.1 Å². The summed E-state index contributed by atoms with van der Waals surface area (Å²) >= 11 is 0. The fourth-order valence-corrected chi connectivity index (χ4v) is 4.58. The van der Waals surface area contributed by atoms with Gasteiger partial charge in [0.2, 0.25) is 0 Å². The average Bonchev–Trinajstić information content (AvgIpc) is 3.16. The smallest absolute Gasteiger partial charge is 0.273 e. The molecule has 0 saturated heterocycles. The minimum absolute atomic E-state index is 0.141. The molecule has 0 saturated carbocycles. The molecule has 2 heterocycles. The normalized spacial score (nSPS) is 15.6. The van der Waals surface area contributed by atoms with E-state index in [1.807, 2.05) is 26.0 Å². The largest absolute Gasteiger partial charge is 0.496 e. The maximum Gasteiger partial charge on any atom is 0.273 e. The molecule has 0 aliphatic carbocycles. The van der Waals surface area contributed by atoms with E-state index in [1.165, 1.54) is 30.1 Å². The fourth-order valence-electron chi connectivity index (χ4n) is 4.58. The first-order chi connectivity index (χ1) is 17.5. The number of aromatic nitrogens is 1. The molecule has 0 radical (unpaired) electrons. The molecule has 0 spiro atoms. The second kappa shape index (κ2) is 10.2. The summed E-state index contributed by atoms with van der Waals surface area (Å²) in [7, 11) is 1.57. The summed E-state index contributed by atoms with van der Waals surface area (Å²) in [4.78, 5) is 30.9. The number of carbonyl (C=O) groups excluding carboxylic acids is 2. The van der Waals surface area contributed by atoms with Crippen molar-refractivity contribution in [3.63, 3.8) is 0 Å². The molecule has 1 aliphatic heterocycles. The third-order valence-electron chi connectivity index (χ3n) is 6.45. The zero-order valence-corrected chi connectivity index (χ0v) is 21.5. The van der Waals surface area contributed by atoms with Crippen molar-refractivity contribution >= 4 is 23.1 Å². The zero-order chi connectivity index (χ0) is 26.9. The van der Waals surface area contributed by atoms with E-state index in [2.05, 4.69) is 10.1 Å². The lowest BCUT2D eigenvalue weighted by Gasteiger charge is -2.18. The van der Waals surface area contributed by atoms with Crippen molar-refractivity contribution in [1.29, 1.82) is 0 Å². The molecule has 1 amide bonds. The van der Waals surface area contributed by atoms with Crippen molar-refractivity contribution in [1.82, 2.24) is 4.98 Å². The molecule has 0 fully saturated rings. The number of carbonyl (C=O) groups is 2. The number of hydrogen-bond acceptors (Lipinski definition) is 5. The summed E-state index contributed by atoms with van der Waals surface area (Å²) in [5, 5.41) is 5.61. The number of ketones is 1. The van der Waals surface area contributed by atoms with E-state index in [0.29, 0.717) is 22.7 Å². The molecule has 1 atom stereocenters. The Kier molecular flexibility index (Phi) is 7.21. The first-order valence-electron chi connectivity index (χ1n) is 12.1. The molecule has 37 heavy (non-hydrogen) atoms. The highest BCUT2D eigenvalue weighted by Gasteiger charge is 2.39. The lowest BCUT2D eigenvalue weighted by Crippen LogP contribution is -2.33. The molecule has 3 aromatic rings. The fraction of sp³-hybridized carbons (Fsp3) is 0.310. The number of anilines is 1.